The van der Waals surface area contributed by atoms with Gasteiger partial charge in [-0.15, -0.1) is 0 Å². The van der Waals surface area contributed by atoms with Crippen LogP contribution in [-0.4, -0.2) is 17.3 Å². The van der Waals surface area contributed by atoms with Crippen molar-refractivity contribution in [2.24, 2.45) is 4.99 Å². The zero-order chi connectivity index (χ0) is 13.0. The van der Waals surface area contributed by atoms with Crippen LogP contribution in [0.15, 0.2) is 53.5 Å². The SMILES string of the molecule is O=C(O)c1ccc(N=Cc2ccccc2Cl)cc1. The van der Waals surface area contributed by atoms with Gasteiger partial charge in [-0.05, 0) is 30.3 Å². The monoisotopic (exact) mass is 259 g/mol. The number of carboxylic acids is 1. The first-order chi connectivity index (χ1) is 8.66. The molecule has 3 nitrogen and oxygen atoms in total. The molecule has 0 aliphatic heterocycles. The van der Waals surface area contributed by atoms with Gasteiger partial charge in [-0.1, -0.05) is 29.8 Å². The molecule has 2 aromatic carbocycles. The number of nitrogens with zero attached hydrogens (tertiary/aromatic N) is 1. The second-order valence-corrected chi connectivity index (χ2v) is 4.04. The Morgan fingerprint density at radius 3 is 2.39 bits per heavy atom. The minimum atomic E-state index is -0.948. The van der Waals surface area contributed by atoms with Crippen LogP contribution >= 0.6 is 11.6 Å². The quantitative estimate of drug-likeness (QED) is 0.853. The highest BCUT2D eigenvalue weighted by molar-refractivity contribution is 6.33. The molecule has 0 bridgehead atoms. The summed E-state index contributed by atoms with van der Waals surface area (Å²) in [6, 6.07) is 13.7. The van der Waals surface area contributed by atoms with E-state index in [9.17, 15) is 4.79 Å². The van der Waals surface area contributed by atoms with Gasteiger partial charge in [-0.3, -0.25) is 4.99 Å². The van der Waals surface area contributed by atoms with Gasteiger partial charge in [0.15, 0.2) is 0 Å². The summed E-state index contributed by atoms with van der Waals surface area (Å²) in [5.41, 5.74) is 1.74. The fraction of sp³-hybridized carbons (Fsp3) is 0. The molecule has 0 aromatic heterocycles. The average Bonchev–Trinajstić information content (AvgIpc) is 2.38. The lowest BCUT2D eigenvalue weighted by molar-refractivity contribution is 0.0697. The average molecular weight is 260 g/mol. The van der Waals surface area contributed by atoms with E-state index < -0.39 is 5.97 Å². The molecule has 0 atom stereocenters. The number of halogens is 1. The molecule has 4 heteroatoms. The third-order valence-corrected chi connectivity index (χ3v) is 2.72. The molecular weight excluding hydrogens is 250 g/mol. The fourth-order valence-corrected chi connectivity index (χ4v) is 1.60. The van der Waals surface area contributed by atoms with Gasteiger partial charge in [-0.25, -0.2) is 4.79 Å². The predicted octanol–water partition coefficient (Wildman–Crippen LogP) is 3.79. The van der Waals surface area contributed by atoms with Crippen LogP contribution in [0.3, 0.4) is 0 Å². The number of aromatic carboxylic acids is 1. The molecule has 1 N–H and O–H groups in total. The second-order valence-electron chi connectivity index (χ2n) is 3.63. The van der Waals surface area contributed by atoms with Crippen molar-refractivity contribution in [1.29, 1.82) is 0 Å². The van der Waals surface area contributed by atoms with Crippen LogP contribution in [-0.2, 0) is 0 Å². The molecular formula is C14H10ClNO2. The largest absolute Gasteiger partial charge is 0.478 e. The van der Waals surface area contributed by atoms with Crippen molar-refractivity contribution in [3.05, 3.63) is 64.7 Å². The van der Waals surface area contributed by atoms with Crippen molar-refractivity contribution in [3.63, 3.8) is 0 Å². The molecule has 18 heavy (non-hydrogen) atoms. The van der Waals surface area contributed by atoms with Crippen LogP contribution in [0, 0.1) is 0 Å². The second kappa shape index (κ2) is 5.47. The van der Waals surface area contributed by atoms with Gasteiger partial charge in [0.25, 0.3) is 0 Å². The molecule has 2 rings (SSSR count). The lowest BCUT2D eigenvalue weighted by Gasteiger charge is -1.97. The summed E-state index contributed by atoms with van der Waals surface area (Å²) >= 11 is 5.99. The molecule has 0 saturated carbocycles. The summed E-state index contributed by atoms with van der Waals surface area (Å²) < 4.78 is 0. The van der Waals surface area contributed by atoms with Crippen molar-refractivity contribution in [2.75, 3.05) is 0 Å². The minimum absolute atomic E-state index is 0.242. The van der Waals surface area contributed by atoms with E-state index in [0.29, 0.717) is 10.7 Å². The Bertz CT molecular complexity index is 591. The maximum atomic E-state index is 10.7. The summed E-state index contributed by atoms with van der Waals surface area (Å²) in [4.78, 5) is 14.9. The summed E-state index contributed by atoms with van der Waals surface area (Å²) in [5.74, 6) is -0.948. The molecule has 0 aliphatic carbocycles. The van der Waals surface area contributed by atoms with E-state index in [0.717, 1.165) is 5.56 Å². The lowest BCUT2D eigenvalue weighted by atomic mass is 10.2. The molecule has 0 radical (unpaired) electrons. The van der Waals surface area contributed by atoms with Gasteiger partial charge < -0.3 is 5.11 Å². The molecule has 90 valence electrons. The number of benzene rings is 2. The maximum Gasteiger partial charge on any atom is 0.335 e. The molecule has 0 aliphatic rings. The Morgan fingerprint density at radius 2 is 1.78 bits per heavy atom. The predicted molar refractivity (Wildman–Crippen MR) is 72.1 cm³/mol. The zero-order valence-corrected chi connectivity index (χ0v) is 10.1. The first-order valence-electron chi connectivity index (χ1n) is 5.29. The molecule has 0 unspecified atom stereocenters. The number of rotatable bonds is 3. The molecule has 0 fully saturated rings. The van der Waals surface area contributed by atoms with E-state index in [-0.39, 0.29) is 5.56 Å². The highest BCUT2D eigenvalue weighted by Gasteiger charge is 2.00. The summed E-state index contributed by atoms with van der Waals surface area (Å²) in [6.45, 7) is 0. The minimum Gasteiger partial charge on any atom is -0.478 e. The van der Waals surface area contributed by atoms with E-state index in [4.69, 9.17) is 16.7 Å². The van der Waals surface area contributed by atoms with E-state index in [1.807, 2.05) is 18.2 Å². The van der Waals surface area contributed by atoms with Crippen LogP contribution in [0.1, 0.15) is 15.9 Å². The van der Waals surface area contributed by atoms with E-state index in [1.165, 1.54) is 12.1 Å². The highest BCUT2D eigenvalue weighted by Crippen LogP contribution is 2.16. The van der Waals surface area contributed by atoms with Gasteiger partial charge in [0, 0.05) is 16.8 Å². The van der Waals surface area contributed by atoms with E-state index >= 15 is 0 Å². The zero-order valence-electron chi connectivity index (χ0n) is 9.38. The Kier molecular flexibility index (Phi) is 3.75. The molecule has 0 spiro atoms. The van der Waals surface area contributed by atoms with Crippen LogP contribution in [0.25, 0.3) is 0 Å². The fourth-order valence-electron chi connectivity index (χ4n) is 1.41. The van der Waals surface area contributed by atoms with Crippen molar-refractivity contribution in [2.45, 2.75) is 0 Å². The Hall–Kier alpha value is -2.13. The summed E-state index contributed by atoms with van der Waals surface area (Å²) in [5, 5.41) is 9.39. The molecule has 0 heterocycles. The van der Waals surface area contributed by atoms with Crippen LogP contribution in [0.2, 0.25) is 5.02 Å². The van der Waals surface area contributed by atoms with Gasteiger partial charge in [0.2, 0.25) is 0 Å². The topological polar surface area (TPSA) is 49.7 Å². The standard InChI is InChI=1S/C14H10ClNO2/c15-13-4-2-1-3-11(13)9-16-12-7-5-10(6-8-12)14(17)18/h1-9H,(H,17,18). The Morgan fingerprint density at radius 1 is 1.11 bits per heavy atom. The molecule has 0 amide bonds. The normalized spacial score (nSPS) is 10.7. The van der Waals surface area contributed by atoms with Crippen LogP contribution in [0.4, 0.5) is 5.69 Å². The number of hydrogen-bond donors (Lipinski definition) is 1. The summed E-state index contributed by atoms with van der Waals surface area (Å²) in [7, 11) is 0. The van der Waals surface area contributed by atoms with Crippen LogP contribution in [0.5, 0.6) is 0 Å². The van der Waals surface area contributed by atoms with Crippen molar-refractivity contribution in [1.82, 2.24) is 0 Å². The number of aliphatic imine (C=N–C) groups is 1. The number of hydrogen-bond acceptors (Lipinski definition) is 2. The number of carboxylic acid groups (broad SMARTS) is 1. The smallest absolute Gasteiger partial charge is 0.335 e. The highest BCUT2D eigenvalue weighted by atomic mass is 35.5. The third kappa shape index (κ3) is 2.96. The summed E-state index contributed by atoms with van der Waals surface area (Å²) in [6.07, 6.45) is 1.65. The van der Waals surface area contributed by atoms with Crippen LogP contribution < -0.4 is 0 Å². The van der Waals surface area contributed by atoms with Crippen molar-refractivity contribution >= 4 is 29.5 Å². The molecule has 0 saturated heterocycles. The maximum absolute atomic E-state index is 10.7. The van der Waals surface area contributed by atoms with Gasteiger partial charge in [0.05, 0.1) is 11.3 Å². The Labute approximate surface area is 109 Å². The van der Waals surface area contributed by atoms with Crippen molar-refractivity contribution < 1.29 is 9.90 Å². The van der Waals surface area contributed by atoms with Gasteiger partial charge in [-0.2, -0.15) is 0 Å². The number of carbonyl (C=O) groups is 1. The van der Waals surface area contributed by atoms with Crippen molar-refractivity contribution in [3.8, 4) is 0 Å². The lowest BCUT2D eigenvalue weighted by Crippen LogP contribution is -1.94. The molecule has 2 aromatic rings. The Balaban J connectivity index is 2.19. The van der Waals surface area contributed by atoms with Gasteiger partial charge in [0.1, 0.15) is 0 Å². The van der Waals surface area contributed by atoms with E-state index in [2.05, 4.69) is 4.99 Å². The third-order valence-electron chi connectivity index (χ3n) is 2.37. The van der Waals surface area contributed by atoms with E-state index in [1.54, 1.807) is 24.4 Å². The first kappa shape index (κ1) is 12.3. The first-order valence-corrected chi connectivity index (χ1v) is 5.66. The van der Waals surface area contributed by atoms with Gasteiger partial charge >= 0.3 is 5.97 Å².